The van der Waals surface area contributed by atoms with Gasteiger partial charge in [-0.2, -0.15) is 5.10 Å². The first-order valence-electron chi connectivity index (χ1n) is 7.41. The summed E-state index contributed by atoms with van der Waals surface area (Å²) in [4.78, 5) is 12.3. The molecule has 0 aliphatic carbocycles. The van der Waals surface area contributed by atoms with E-state index in [9.17, 15) is 4.79 Å². The van der Waals surface area contributed by atoms with Crippen molar-refractivity contribution in [2.75, 3.05) is 5.32 Å². The second-order valence-electron chi connectivity index (χ2n) is 5.30. The van der Waals surface area contributed by atoms with Crippen molar-refractivity contribution in [3.63, 3.8) is 0 Å². The van der Waals surface area contributed by atoms with E-state index in [-0.39, 0.29) is 5.43 Å². The summed E-state index contributed by atoms with van der Waals surface area (Å²) in [5, 5.41) is 7.86. The maximum atomic E-state index is 12.3. The summed E-state index contributed by atoms with van der Waals surface area (Å²) in [6.45, 7) is 1.99. The minimum absolute atomic E-state index is 0.144. The van der Waals surface area contributed by atoms with Crippen molar-refractivity contribution in [2.24, 2.45) is 5.10 Å². The highest BCUT2D eigenvalue weighted by Crippen LogP contribution is 2.19. The Kier molecular flexibility index (Phi) is 5.25. The van der Waals surface area contributed by atoms with E-state index in [2.05, 4.69) is 31.8 Å². The molecule has 7 heteroatoms. The zero-order chi connectivity index (χ0) is 17.8. The first-order valence-corrected chi connectivity index (χ1v) is 8.61. The second kappa shape index (κ2) is 7.58. The number of nitrogens with one attached hydrogen (secondary N) is 2. The number of hydrogen-bond donors (Lipinski definition) is 2. The van der Waals surface area contributed by atoms with Gasteiger partial charge in [0.25, 0.3) is 0 Å². The normalized spacial score (nSPS) is 11.0. The molecule has 0 unspecified atom stereocenters. The van der Waals surface area contributed by atoms with E-state index in [4.69, 9.17) is 16.6 Å². The molecule has 0 saturated carbocycles. The lowest BCUT2D eigenvalue weighted by molar-refractivity contribution is 0.601. The van der Waals surface area contributed by atoms with E-state index < -0.39 is 0 Å². The van der Waals surface area contributed by atoms with E-state index in [0.717, 1.165) is 15.7 Å². The summed E-state index contributed by atoms with van der Waals surface area (Å²) < 4.78 is 6.46. The van der Waals surface area contributed by atoms with Crippen molar-refractivity contribution < 1.29 is 4.42 Å². The number of hydrogen-bond acceptors (Lipinski definition) is 4. The van der Waals surface area contributed by atoms with E-state index in [1.807, 2.05) is 31.2 Å². The predicted molar refractivity (Wildman–Crippen MR) is 108 cm³/mol. The molecule has 0 aliphatic heterocycles. The largest absolute Gasteiger partial charge is 0.463 e. The molecule has 3 aromatic rings. The molecule has 0 saturated heterocycles. The van der Waals surface area contributed by atoms with Gasteiger partial charge in [-0.1, -0.05) is 28.1 Å². The maximum absolute atomic E-state index is 12.3. The van der Waals surface area contributed by atoms with Crippen LogP contribution in [0, 0.1) is 6.92 Å². The zero-order valence-corrected chi connectivity index (χ0v) is 15.6. The van der Waals surface area contributed by atoms with Gasteiger partial charge in [0, 0.05) is 10.2 Å². The van der Waals surface area contributed by atoms with E-state index in [0.29, 0.717) is 21.6 Å². The van der Waals surface area contributed by atoms with Crippen molar-refractivity contribution in [3.8, 4) is 0 Å². The van der Waals surface area contributed by atoms with Gasteiger partial charge in [0.1, 0.15) is 11.8 Å². The Balaban J connectivity index is 1.68. The minimum atomic E-state index is -0.144. The predicted octanol–water partition coefficient (Wildman–Crippen LogP) is 4.18. The SMILES string of the molecule is Cc1cc(NC(=S)N/N=C/c2coc3ccccc3c2=O)ccc1Br. The molecule has 2 N–H and O–H groups in total. The van der Waals surface area contributed by atoms with Gasteiger partial charge in [-0.3, -0.25) is 10.2 Å². The molecule has 0 radical (unpaired) electrons. The third-order valence-corrected chi connectivity index (χ3v) is 4.58. The fourth-order valence-electron chi connectivity index (χ4n) is 2.22. The van der Waals surface area contributed by atoms with E-state index >= 15 is 0 Å². The lowest BCUT2D eigenvalue weighted by atomic mass is 10.2. The van der Waals surface area contributed by atoms with Gasteiger partial charge in [-0.25, -0.2) is 0 Å². The third kappa shape index (κ3) is 4.12. The summed E-state index contributed by atoms with van der Waals surface area (Å²) in [5.74, 6) is 0. The number of hydrazone groups is 1. The fraction of sp³-hybridized carbons (Fsp3) is 0.0556. The molecule has 5 nitrogen and oxygen atoms in total. The Labute approximate surface area is 157 Å². The van der Waals surface area contributed by atoms with Crippen molar-refractivity contribution >= 4 is 56.1 Å². The zero-order valence-electron chi connectivity index (χ0n) is 13.2. The Morgan fingerprint density at radius 1 is 1.28 bits per heavy atom. The molecule has 0 aliphatic rings. The third-order valence-electron chi connectivity index (χ3n) is 3.49. The lowest BCUT2D eigenvalue weighted by Crippen LogP contribution is -2.24. The first kappa shape index (κ1) is 17.3. The van der Waals surface area contributed by atoms with Gasteiger partial charge >= 0.3 is 0 Å². The van der Waals surface area contributed by atoms with Crippen LogP contribution in [0.2, 0.25) is 0 Å². The molecule has 0 amide bonds. The average Bonchev–Trinajstić information content (AvgIpc) is 2.60. The minimum Gasteiger partial charge on any atom is -0.463 e. The molecule has 0 fully saturated rings. The van der Waals surface area contributed by atoms with Crippen molar-refractivity contribution in [1.29, 1.82) is 0 Å². The van der Waals surface area contributed by atoms with Crippen LogP contribution in [0.1, 0.15) is 11.1 Å². The topological polar surface area (TPSA) is 66.6 Å². The molecule has 2 aromatic carbocycles. The van der Waals surface area contributed by atoms with Crippen LogP contribution in [0.5, 0.6) is 0 Å². The van der Waals surface area contributed by atoms with E-state index in [1.54, 1.807) is 18.2 Å². The number of nitrogens with zero attached hydrogens (tertiary/aromatic N) is 1. The Morgan fingerprint density at radius 2 is 2.08 bits per heavy atom. The molecule has 25 heavy (non-hydrogen) atoms. The summed E-state index contributed by atoms with van der Waals surface area (Å²) in [5.41, 5.74) is 5.36. The van der Waals surface area contributed by atoms with Gasteiger partial charge < -0.3 is 9.73 Å². The summed E-state index contributed by atoms with van der Waals surface area (Å²) in [6, 6.07) is 12.9. The van der Waals surface area contributed by atoms with Gasteiger partial charge in [-0.05, 0) is 55.0 Å². The lowest BCUT2D eigenvalue weighted by Gasteiger charge is -2.08. The molecule has 1 heterocycles. The number of benzene rings is 2. The highest BCUT2D eigenvalue weighted by Gasteiger charge is 2.04. The summed E-state index contributed by atoms with van der Waals surface area (Å²) in [7, 11) is 0. The Morgan fingerprint density at radius 3 is 2.88 bits per heavy atom. The van der Waals surface area contributed by atoms with Gasteiger partial charge in [0.15, 0.2) is 5.11 Å². The molecule has 3 rings (SSSR count). The number of aryl methyl sites for hydroxylation is 1. The maximum Gasteiger partial charge on any atom is 0.201 e. The molecular formula is C18H14BrN3O2S. The van der Waals surface area contributed by atoms with Crippen LogP contribution in [0.4, 0.5) is 5.69 Å². The summed E-state index contributed by atoms with van der Waals surface area (Å²) in [6.07, 6.45) is 2.77. The molecule has 0 atom stereocenters. The van der Waals surface area contributed by atoms with Crippen LogP contribution < -0.4 is 16.2 Å². The van der Waals surface area contributed by atoms with E-state index in [1.165, 1.54) is 12.5 Å². The van der Waals surface area contributed by atoms with Gasteiger partial charge in [-0.15, -0.1) is 0 Å². The molecule has 0 bridgehead atoms. The first-order chi connectivity index (χ1) is 12.0. The quantitative estimate of drug-likeness (QED) is 0.381. The molecular weight excluding hydrogens is 402 g/mol. The van der Waals surface area contributed by atoms with Crippen LogP contribution in [-0.2, 0) is 0 Å². The second-order valence-corrected chi connectivity index (χ2v) is 6.57. The highest BCUT2D eigenvalue weighted by molar-refractivity contribution is 9.10. The summed E-state index contributed by atoms with van der Waals surface area (Å²) >= 11 is 8.64. The number of thiocarbonyl (C=S) groups is 1. The van der Waals surface area contributed by atoms with Gasteiger partial charge in [0.2, 0.25) is 5.43 Å². The number of rotatable bonds is 3. The molecule has 1 aromatic heterocycles. The smallest absolute Gasteiger partial charge is 0.201 e. The fourth-order valence-corrected chi connectivity index (χ4v) is 2.64. The van der Waals surface area contributed by atoms with Crippen molar-refractivity contribution in [3.05, 3.63) is 74.6 Å². The standard InChI is InChI=1S/C18H14BrN3O2S/c1-11-8-13(6-7-15(11)19)21-18(25)22-20-9-12-10-24-16-5-3-2-4-14(16)17(12)23/h2-10H,1H3,(H2,21,22,25)/b20-9+. The van der Waals surface area contributed by atoms with Crippen LogP contribution in [0.15, 0.2) is 67.5 Å². The number of anilines is 1. The van der Waals surface area contributed by atoms with Crippen molar-refractivity contribution in [1.82, 2.24) is 5.43 Å². The highest BCUT2D eigenvalue weighted by atomic mass is 79.9. The van der Waals surface area contributed by atoms with Crippen molar-refractivity contribution in [2.45, 2.75) is 6.92 Å². The molecule has 126 valence electrons. The molecule has 0 spiro atoms. The van der Waals surface area contributed by atoms with Crippen LogP contribution >= 0.6 is 28.1 Å². The monoisotopic (exact) mass is 415 g/mol. The Bertz CT molecular complexity index is 1030. The average molecular weight is 416 g/mol. The number of para-hydroxylation sites is 1. The number of halogens is 1. The number of fused-ring (bicyclic) bond motifs is 1. The van der Waals surface area contributed by atoms with Crippen LogP contribution in [0.3, 0.4) is 0 Å². The Hall–Kier alpha value is -2.51. The van der Waals surface area contributed by atoms with Crippen LogP contribution in [0.25, 0.3) is 11.0 Å². The van der Waals surface area contributed by atoms with Gasteiger partial charge in [0.05, 0.1) is 17.2 Å². The van der Waals surface area contributed by atoms with Crippen LogP contribution in [-0.4, -0.2) is 11.3 Å².